The van der Waals surface area contributed by atoms with Gasteiger partial charge in [-0.3, -0.25) is 9.59 Å². The first kappa shape index (κ1) is 13.6. The summed E-state index contributed by atoms with van der Waals surface area (Å²) in [5.41, 5.74) is 0.729. The highest BCUT2D eigenvalue weighted by molar-refractivity contribution is 5.77. The third kappa shape index (κ3) is 7.62. The van der Waals surface area contributed by atoms with Gasteiger partial charge in [-0.05, 0) is 6.42 Å². The predicted molar refractivity (Wildman–Crippen MR) is 62.0 cm³/mol. The van der Waals surface area contributed by atoms with E-state index in [1.807, 2.05) is 32.0 Å². The first-order chi connectivity index (χ1) is 7.24. The molecule has 1 rings (SSSR count). The molecule has 0 unspecified atom stereocenters. The lowest BCUT2D eigenvalue weighted by atomic mass is 10.2. The van der Waals surface area contributed by atoms with Crippen molar-refractivity contribution in [1.82, 2.24) is 0 Å². The van der Waals surface area contributed by atoms with E-state index >= 15 is 0 Å². The van der Waals surface area contributed by atoms with Gasteiger partial charge in [0.15, 0.2) is 0 Å². The zero-order valence-electron chi connectivity index (χ0n) is 9.40. The third-order valence-electron chi connectivity index (χ3n) is 1.86. The van der Waals surface area contributed by atoms with Gasteiger partial charge in [-0.2, -0.15) is 0 Å². The first-order valence-corrected chi connectivity index (χ1v) is 5.26. The van der Waals surface area contributed by atoms with Crippen molar-refractivity contribution in [2.45, 2.75) is 33.1 Å². The van der Waals surface area contributed by atoms with Crippen LogP contribution in [0.2, 0.25) is 0 Å². The first-order valence-electron chi connectivity index (χ1n) is 5.26. The quantitative estimate of drug-likeness (QED) is 0.708. The van der Waals surface area contributed by atoms with E-state index in [-0.39, 0.29) is 0 Å². The molecular weight excluding hydrogens is 188 g/mol. The van der Waals surface area contributed by atoms with E-state index in [9.17, 15) is 9.59 Å². The van der Waals surface area contributed by atoms with Crippen LogP contribution in [0.15, 0.2) is 30.3 Å². The molecule has 1 aromatic carbocycles. The molecule has 82 valence electrons. The zero-order valence-corrected chi connectivity index (χ0v) is 9.40. The van der Waals surface area contributed by atoms with Gasteiger partial charge < -0.3 is 0 Å². The van der Waals surface area contributed by atoms with Gasteiger partial charge in [0.05, 0.1) is 0 Å². The number of hydrogen-bond donors (Lipinski definition) is 0. The monoisotopic (exact) mass is 206 g/mol. The molecule has 0 radical (unpaired) electrons. The van der Waals surface area contributed by atoms with E-state index < -0.39 is 0 Å². The molecule has 0 heterocycles. The van der Waals surface area contributed by atoms with Crippen molar-refractivity contribution in [2.75, 3.05) is 0 Å². The van der Waals surface area contributed by atoms with Crippen LogP contribution < -0.4 is 0 Å². The Morgan fingerprint density at radius 3 is 2.07 bits per heavy atom. The fourth-order valence-electron chi connectivity index (χ4n) is 0.987. The van der Waals surface area contributed by atoms with Crippen LogP contribution in [0.4, 0.5) is 0 Å². The molecule has 0 aliphatic carbocycles. The minimum atomic E-state index is 0.377. The van der Waals surface area contributed by atoms with Gasteiger partial charge in [0.2, 0.25) is 0 Å². The largest absolute Gasteiger partial charge is 0.300 e. The molecule has 0 aromatic heterocycles. The summed E-state index contributed by atoms with van der Waals surface area (Å²) in [4.78, 5) is 20.4. The fourth-order valence-corrected chi connectivity index (χ4v) is 0.987. The van der Waals surface area contributed by atoms with E-state index in [1.54, 1.807) is 12.1 Å². The van der Waals surface area contributed by atoms with Gasteiger partial charge in [0.25, 0.3) is 0 Å². The van der Waals surface area contributed by atoms with Crippen LogP contribution in [0.5, 0.6) is 0 Å². The Balaban J connectivity index is 0.000000265. The average Bonchev–Trinajstić information content (AvgIpc) is 2.31. The summed E-state index contributed by atoms with van der Waals surface area (Å²) in [5.74, 6) is 0.377. The molecule has 0 N–H and O–H groups in total. The maximum atomic E-state index is 10.4. The average molecular weight is 206 g/mol. The van der Waals surface area contributed by atoms with Gasteiger partial charge in [-0.1, -0.05) is 44.2 Å². The van der Waals surface area contributed by atoms with Crippen LogP contribution >= 0.6 is 0 Å². The lowest BCUT2D eigenvalue weighted by Crippen LogP contribution is -1.91. The molecule has 0 aliphatic rings. The summed E-state index contributed by atoms with van der Waals surface area (Å²) in [6.07, 6.45) is 3.29. The van der Waals surface area contributed by atoms with E-state index in [2.05, 4.69) is 0 Å². The second-order valence-corrected chi connectivity index (χ2v) is 3.17. The lowest BCUT2D eigenvalue weighted by molar-refractivity contribution is -0.118. The third-order valence-corrected chi connectivity index (χ3v) is 1.86. The van der Waals surface area contributed by atoms with Crippen LogP contribution in [0, 0.1) is 0 Å². The Bertz CT molecular complexity index is 278. The Morgan fingerprint density at radius 2 is 1.80 bits per heavy atom. The van der Waals surface area contributed by atoms with Crippen molar-refractivity contribution in [3.8, 4) is 0 Å². The van der Waals surface area contributed by atoms with Crippen LogP contribution in [-0.4, -0.2) is 12.1 Å². The molecule has 0 atom stereocenters. The molecule has 0 saturated heterocycles. The summed E-state index contributed by atoms with van der Waals surface area (Å²) >= 11 is 0. The van der Waals surface area contributed by atoms with Crippen LogP contribution in [0.1, 0.15) is 43.5 Å². The molecule has 15 heavy (non-hydrogen) atoms. The van der Waals surface area contributed by atoms with Crippen LogP contribution in [0.3, 0.4) is 0 Å². The Labute approximate surface area is 91.3 Å². The lowest BCUT2D eigenvalue weighted by Gasteiger charge is -1.87. The zero-order chi connectivity index (χ0) is 11.5. The summed E-state index contributed by atoms with van der Waals surface area (Å²) < 4.78 is 0. The number of Topliss-reactive ketones (excluding diaryl/α,β-unsaturated/α-hetero) is 1. The molecule has 2 heteroatoms. The van der Waals surface area contributed by atoms with Crippen molar-refractivity contribution in [2.24, 2.45) is 0 Å². The normalized spacial score (nSPS) is 8.67. The molecule has 0 saturated carbocycles. The summed E-state index contributed by atoms with van der Waals surface area (Å²) in [6, 6.07) is 9.10. The second-order valence-electron chi connectivity index (χ2n) is 3.17. The standard InChI is InChI=1S/C7H6O.C6H12O/c8-6-7-4-2-1-3-5-7;1-3-5-6(7)4-2/h1-6H;3-5H2,1-2H3. The highest BCUT2D eigenvalue weighted by Crippen LogP contribution is 1.91. The minimum Gasteiger partial charge on any atom is -0.300 e. The molecule has 2 nitrogen and oxygen atoms in total. The SMILES string of the molecule is CCCC(=O)CC.O=Cc1ccccc1. The summed E-state index contributed by atoms with van der Waals surface area (Å²) in [7, 11) is 0. The molecule has 0 spiro atoms. The van der Waals surface area contributed by atoms with E-state index in [4.69, 9.17) is 0 Å². The molecule has 0 amide bonds. The Morgan fingerprint density at radius 1 is 1.20 bits per heavy atom. The smallest absolute Gasteiger partial charge is 0.150 e. The van der Waals surface area contributed by atoms with Gasteiger partial charge in [0.1, 0.15) is 12.1 Å². The van der Waals surface area contributed by atoms with Crippen LogP contribution in [-0.2, 0) is 4.79 Å². The van der Waals surface area contributed by atoms with Crippen molar-refractivity contribution >= 4 is 12.1 Å². The molecular formula is C13H18O2. The number of rotatable bonds is 4. The van der Waals surface area contributed by atoms with E-state index in [0.717, 1.165) is 24.7 Å². The maximum absolute atomic E-state index is 10.4. The predicted octanol–water partition coefficient (Wildman–Crippen LogP) is 3.26. The van der Waals surface area contributed by atoms with E-state index in [0.29, 0.717) is 12.2 Å². The molecule has 1 aromatic rings. The van der Waals surface area contributed by atoms with Crippen molar-refractivity contribution in [3.05, 3.63) is 35.9 Å². The number of aldehydes is 1. The Hall–Kier alpha value is -1.44. The number of benzene rings is 1. The van der Waals surface area contributed by atoms with Gasteiger partial charge >= 0.3 is 0 Å². The highest BCUT2D eigenvalue weighted by Gasteiger charge is 1.91. The van der Waals surface area contributed by atoms with Gasteiger partial charge in [0, 0.05) is 18.4 Å². The Kier molecular flexibility index (Phi) is 8.25. The summed E-state index contributed by atoms with van der Waals surface area (Å²) in [6.45, 7) is 3.92. The fraction of sp³-hybridized carbons (Fsp3) is 0.385. The number of ketones is 1. The number of carbonyl (C=O) groups excluding carboxylic acids is 2. The van der Waals surface area contributed by atoms with Crippen molar-refractivity contribution in [3.63, 3.8) is 0 Å². The molecule has 0 fully saturated rings. The molecule has 0 aliphatic heterocycles. The van der Waals surface area contributed by atoms with Crippen molar-refractivity contribution in [1.29, 1.82) is 0 Å². The topological polar surface area (TPSA) is 34.1 Å². The second kappa shape index (κ2) is 9.13. The molecule has 0 bridgehead atoms. The minimum absolute atomic E-state index is 0.377. The van der Waals surface area contributed by atoms with Crippen LogP contribution in [0.25, 0.3) is 0 Å². The summed E-state index contributed by atoms with van der Waals surface area (Å²) in [5, 5.41) is 0. The van der Waals surface area contributed by atoms with Gasteiger partial charge in [-0.25, -0.2) is 0 Å². The maximum Gasteiger partial charge on any atom is 0.150 e. The number of carbonyl (C=O) groups is 2. The van der Waals surface area contributed by atoms with E-state index in [1.165, 1.54) is 0 Å². The van der Waals surface area contributed by atoms with Gasteiger partial charge in [-0.15, -0.1) is 0 Å². The highest BCUT2D eigenvalue weighted by atomic mass is 16.1. The van der Waals surface area contributed by atoms with Crippen molar-refractivity contribution < 1.29 is 9.59 Å². The number of hydrogen-bond acceptors (Lipinski definition) is 2.